The van der Waals surface area contributed by atoms with E-state index in [4.69, 9.17) is 11.6 Å². The highest BCUT2D eigenvalue weighted by molar-refractivity contribution is 9.10. The van der Waals surface area contributed by atoms with Gasteiger partial charge in [-0.3, -0.25) is 13.9 Å². The van der Waals surface area contributed by atoms with Crippen LogP contribution in [-0.4, -0.2) is 43.8 Å². The third-order valence-corrected chi connectivity index (χ3v) is 9.77. The van der Waals surface area contributed by atoms with Crippen molar-refractivity contribution in [2.24, 2.45) is 0 Å². The summed E-state index contributed by atoms with van der Waals surface area (Å²) in [6.45, 7) is 3.45. The summed E-state index contributed by atoms with van der Waals surface area (Å²) >= 11 is 9.54. The van der Waals surface area contributed by atoms with Crippen molar-refractivity contribution in [1.82, 2.24) is 10.2 Å². The fraction of sp³-hybridized carbons (Fsp3) is 0.235. The molecule has 10 heteroatoms. The minimum Gasteiger partial charge on any atom is -0.352 e. The predicted octanol–water partition coefficient (Wildman–Crippen LogP) is 6.85. The Bertz CT molecular complexity index is 1660. The minimum absolute atomic E-state index is 0.00700. The van der Waals surface area contributed by atoms with Gasteiger partial charge in [-0.15, -0.1) is 0 Å². The van der Waals surface area contributed by atoms with Gasteiger partial charge in [-0.05, 0) is 73.0 Å². The summed E-state index contributed by atoms with van der Waals surface area (Å²) in [7, 11) is -4.19. The molecule has 0 saturated carbocycles. The van der Waals surface area contributed by atoms with E-state index in [-0.39, 0.29) is 29.8 Å². The second kappa shape index (κ2) is 15.4. The number of nitrogens with one attached hydrogen (secondary N) is 1. The molecule has 0 fully saturated rings. The maximum atomic E-state index is 14.4. The molecule has 4 rings (SSSR count). The van der Waals surface area contributed by atoms with Crippen LogP contribution in [0.3, 0.4) is 0 Å². The number of nitrogens with zero attached hydrogens (tertiary/aromatic N) is 2. The van der Waals surface area contributed by atoms with E-state index in [0.29, 0.717) is 17.1 Å². The summed E-state index contributed by atoms with van der Waals surface area (Å²) in [5.41, 5.74) is 1.98. The van der Waals surface area contributed by atoms with Gasteiger partial charge in [0, 0.05) is 28.5 Å². The third-order valence-electron chi connectivity index (χ3n) is 7.24. The highest BCUT2D eigenvalue weighted by atomic mass is 79.9. The van der Waals surface area contributed by atoms with E-state index >= 15 is 0 Å². The number of sulfonamides is 1. The molecule has 0 radical (unpaired) electrons. The van der Waals surface area contributed by atoms with E-state index < -0.39 is 28.5 Å². The number of halogens is 2. The normalized spacial score (nSPS) is 12.6. The van der Waals surface area contributed by atoms with Gasteiger partial charge in [0.05, 0.1) is 10.6 Å². The fourth-order valence-electron chi connectivity index (χ4n) is 4.68. The lowest BCUT2D eigenvalue weighted by Gasteiger charge is -2.34. The molecule has 0 spiro atoms. The number of anilines is 1. The maximum Gasteiger partial charge on any atom is 0.264 e. The first-order valence-corrected chi connectivity index (χ1v) is 16.9. The monoisotopic (exact) mass is 695 g/mol. The Hall–Kier alpha value is -3.66. The van der Waals surface area contributed by atoms with Crippen LogP contribution in [0.15, 0.2) is 119 Å². The molecule has 0 saturated heterocycles. The summed E-state index contributed by atoms with van der Waals surface area (Å²) in [6, 6.07) is 30.2. The molecule has 0 unspecified atom stereocenters. The minimum atomic E-state index is -4.19. The van der Waals surface area contributed by atoms with Gasteiger partial charge in [0.2, 0.25) is 11.8 Å². The molecule has 2 amide bonds. The topological polar surface area (TPSA) is 86.8 Å². The molecule has 4 aromatic carbocycles. The smallest absolute Gasteiger partial charge is 0.264 e. The molecular weight excluding hydrogens is 662 g/mol. The molecule has 7 nitrogen and oxygen atoms in total. The van der Waals surface area contributed by atoms with Crippen LogP contribution in [0.2, 0.25) is 5.02 Å². The van der Waals surface area contributed by atoms with Crippen LogP contribution in [0.5, 0.6) is 0 Å². The highest BCUT2D eigenvalue weighted by Gasteiger charge is 2.35. The van der Waals surface area contributed by atoms with Crippen LogP contribution in [0.1, 0.15) is 31.4 Å². The van der Waals surface area contributed by atoms with Crippen molar-refractivity contribution in [3.05, 3.63) is 130 Å². The number of benzene rings is 4. The average Bonchev–Trinajstić information content (AvgIpc) is 3.02. The van der Waals surface area contributed by atoms with Crippen LogP contribution in [0, 0.1) is 0 Å². The van der Waals surface area contributed by atoms with Gasteiger partial charge in [0.1, 0.15) is 12.6 Å². The SMILES string of the molecule is CC[C@H](C)NC(=O)[C@@H](Cc1ccccc1)N(Cc1cccc(Br)c1)C(=O)CN(c1ccccc1)S(=O)(=O)c1ccc(Cl)cc1. The van der Waals surface area contributed by atoms with Gasteiger partial charge in [-0.2, -0.15) is 0 Å². The first kappa shape index (κ1) is 33.2. The average molecular weight is 697 g/mol. The molecule has 4 aromatic rings. The van der Waals surface area contributed by atoms with Gasteiger partial charge in [0.15, 0.2) is 0 Å². The van der Waals surface area contributed by atoms with Crippen LogP contribution in [0.4, 0.5) is 5.69 Å². The summed E-state index contributed by atoms with van der Waals surface area (Å²) < 4.78 is 29.9. The van der Waals surface area contributed by atoms with Crippen molar-refractivity contribution >= 4 is 55.1 Å². The van der Waals surface area contributed by atoms with Crippen LogP contribution in [-0.2, 0) is 32.6 Å². The number of hydrogen-bond donors (Lipinski definition) is 1. The Morgan fingerprint density at radius 2 is 1.48 bits per heavy atom. The summed E-state index contributed by atoms with van der Waals surface area (Å²) in [5.74, 6) is -0.829. The Labute approximate surface area is 273 Å². The van der Waals surface area contributed by atoms with E-state index in [1.54, 1.807) is 30.3 Å². The molecule has 0 aliphatic heterocycles. The number of carbonyl (C=O) groups excluding carboxylic acids is 2. The molecule has 1 N–H and O–H groups in total. The Kier molecular flexibility index (Phi) is 11.6. The lowest BCUT2D eigenvalue weighted by atomic mass is 10.0. The number of hydrogen-bond acceptors (Lipinski definition) is 4. The zero-order valence-corrected chi connectivity index (χ0v) is 27.7. The highest BCUT2D eigenvalue weighted by Crippen LogP contribution is 2.26. The standard InChI is InChI=1S/C34H35BrClN3O4S/c1-3-25(2)37-34(41)32(22-26-11-6-4-7-12-26)38(23-27-13-10-14-28(35)21-27)33(40)24-39(30-15-8-5-9-16-30)44(42,43)31-19-17-29(36)18-20-31/h4-21,25,32H,3,22-24H2,1-2H3,(H,37,41)/t25-,32+/m0/s1. The molecule has 0 aromatic heterocycles. The molecule has 0 bridgehead atoms. The van der Waals surface area contributed by atoms with E-state index in [0.717, 1.165) is 19.9 Å². The molecule has 230 valence electrons. The van der Waals surface area contributed by atoms with E-state index in [1.807, 2.05) is 68.4 Å². The molecule has 0 heterocycles. The Morgan fingerprint density at radius 1 is 0.864 bits per heavy atom. The van der Waals surface area contributed by atoms with Crippen molar-refractivity contribution in [2.75, 3.05) is 10.8 Å². The molecule has 0 aliphatic rings. The van der Waals surface area contributed by atoms with E-state index in [9.17, 15) is 18.0 Å². The first-order valence-electron chi connectivity index (χ1n) is 14.3. The van der Waals surface area contributed by atoms with Crippen LogP contribution < -0.4 is 9.62 Å². The lowest BCUT2D eigenvalue weighted by Crippen LogP contribution is -2.54. The molecule has 2 atom stereocenters. The maximum absolute atomic E-state index is 14.4. The number of rotatable bonds is 13. The van der Waals surface area contributed by atoms with Crippen molar-refractivity contribution in [3.8, 4) is 0 Å². The second-order valence-electron chi connectivity index (χ2n) is 10.5. The Morgan fingerprint density at radius 3 is 2.09 bits per heavy atom. The van der Waals surface area contributed by atoms with Gasteiger partial charge >= 0.3 is 0 Å². The quantitative estimate of drug-likeness (QED) is 0.166. The van der Waals surface area contributed by atoms with Crippen molar-refractivity contribution in [3.63, 3.8) is 0 Å². The van der Waals surface area contributed by atoms with Crippen LogP contribution >= 0.6 is 27.5 Å². The Balaban J connectivity index is 1.79. The van der Waals surface area contributed by atoms with Gasteiger partial charge in [-0.1, -0.05) is 95.1 Å². The van der Waals surface area contributed by atoms with Gasteiger partial charge < -0.3 is 10.2 Å². The third kappa shape index (κ3) is 8.71. The number of carbonyl (C=O) groups is 2. The van der Waals surface area contributed by atoms with Crippen molar-refractivity contribution < 1.29 is 18.0 Å². The van der Waals surface area contributed by atoms with E-state index in [1.165, 1.54) is 29.2 Å². The predicted molar refractivity (Wildman–Crippen MR) is 179 cm³/mol. The van der Waals surface area contributed by atoms with Gasteiger partial charge in [-0.25, -0.2) is 8.42 Å². The first-order chi connectivity index (χ1) is 21.1. The van der Waals surface area contributed by atoms with Crippen molar-refractivity contribution in [2.45, 2.75) is 50.2 Å². The summed E-state index contributed by atoms with van der Waals surface area (Å²) in [4.78, 5) is 29.8. The van der Waals surface area contributed by atoms with Crippen LogP contribution in [0.25, 0.3) is 0 Å². The number of amides is 2. The lowest BCUT2D eigenvalue weighted by molar-refractivity contribution is -0.140. The zero-order valence-electron chi connectivity index (χ0n) is 24.6. The largest absolute Gasteiger partial charge is 0.352 e. The van der Waals surface area contributed by atoms with E-state index in [2.05, 4.69) is 21.2 Å². The molecule has 0 aliphatic carbocycles. The van der Waals surface area contributed by atoms with Gasteiger partial charge in [0.25, 0.3) is 10.0 Å². The summed E-state index contributed by atoms with van der Waals surface area (Å²) in [6.07, 6.45) is 0.961. The second-order valence-corrected chi connectivity index (χ2v) is 13.7. The summed E-state index contributed by atoms with van der Waals surface area (Å²) in [5, 5.41) is 3.43. The zero-order chi connectivity index (χ0) is 31.7. The van der Waals surface area contributed by atoms with Crippen molar-refractivity contribution in [1.29, 1.82) is 0 Å². The number of para-hydroxylation sites is 1. The fourth-order valence-corrected chi connectivity index (χ4v) is 6.67. The molecule has 44 heavy (non-hydrogen) atoms. The molecular formula is C34H35BrClN3O4S.